The fourth-order valence-corrected chi connectivity index (χ4v) is 0.867. The van der Waals surface area contributed by atoms with Gasteiger partial charge in [-0.3, -0.25) is 4.68 Å². The number of hydrogen-bond acceptors (Lipinski definition) is 2. The van der Waals surface area contributed by atoms with E-state index < -0.39 is 12.3 Å². The smallest absolute Gasteiger partial charge is 0.378 e. The van der Waals surface area contributed by atoms with Gasteiger partial charge >= 0.3 is 6.18 Å². The van der Waals surface area contributed by atoms with Crippen molar-refractivity contribution in [1.82, 2.24) is 9.78 Å². The molecule has 74 valence electrons. The highest BCUT2D eigenvalue weighted by Crippen LogP contribution is 2.31. The number of aliphatic hydroxyl groups is 1. The Labute approximate surface area is 72.8 Å². The standard InChI is InChI=1S/C7H9F3N2O/c1-2-12-4-3-5(11-12)6(13)7(8,9)10/h3-4,6,13H,2H2,1H3. The van der Waals surface area contributed by atoms with E-state index in [-0.39, 0.29) is 5.69 Å². The number of rotatable bonds is 2. The highest BCUT2D eigenvalue weighted by atomic mass is 19.4. The lowest BCUT2D eigenvalue weighted by Crippen LogP contribution is -2.20. The van der Waals surface area contributed by atoms with Crippen LogP contribution in [-0.4, -0.2) is 21.1 Å². The second-order valence-electron chi connectivity index (χ2n) is 2.54. The summed E-state index contributed by atoms with van der Waals surface area (Å²) >= 11 is 0. The number of alkyl halides is 3. The maximum Gasteiger partial charge on any atom is 0.420 e. The number of aromatic nitrogens is 2. The van der Waals surface area contributed by atoms with Crippen LogP contribution in [0.3, 0.4) is 0 Å². The molecule has 1 aromatic rings. The number of nitrogens with zero attached hydrogens (tertiary/aromatic N) is 2. The van der Waals surface area contributed by atoms with E-state index in [0.29, 0.717) is 6.54 Å². The molecule has 0 aliphatic carbocycles. The number of aryl methyl sites for hydroxylation is 1. The van der Waals surface area contributed by atoms with E-state index in [4.69, 9.17) is 5.11 Å². The third-order valence-electron chi connectivity index (χ3n) is 1.58. The Morgan fingerprint density at radius 1 is 1.62 bits per heavy atom. The van der Waals surface area contributed by atoms with E-state index in [2.05, 4.69) is 5.10 Å². The molecule has 0 saturated heterocycles. The van der Waals surface area contributed by atoms with Gasteiger partial charge in [-0.05, 0) is 13.0 Å². The van der Waals surface area contributed by atoms with E-state index in [1.54, 1.807) is 6.92 Å². The van der Waals surface area contributed by atoms with Crippen molar-refractivity contribution in [1.29, 1.82) is 0 Å². The Kier molecular flexibility index (Phi) is 2.60. The highest BCUT2D eigenvalue weighted by Gasteiger charge is 2.40. The van der Waals surface area contributed by atoms with Gasteiger partial charge in [-0.1, -0.05) is 0 Å². The second kappa shape index (κ2) is 3.37. The Hall–Kier alpha value is -1.04. The molecule has 13 heavy (non-hydrogen) atoms. The van der Waals surface area contributed by atoms with Crippen LogP contribution in [0.25, 0.3) is 0 Å². The number of hydrogen-bond donors (Lipinski definition) is 1. The number of halogens is 3. The Balaban J connectivity index is 2.83. The first-order valence-electron chi connectivity index (χ1n) is 3.73. The third-order valence-corrected chi connectivity index (χ3v) is 1.58. The molecule has 0 saturated carbocycles. The average Bonchev–Trinajstić information content (AvgIpc) is 2.48. The lowest BCUT2D eigenvalue weighted by Gasteiger charge is -2.11. The molecule has 0 radical (unpaired) electrons. The molecule has 1 aromatic heterocycles. The van der Waals surface area contributed by atoms with Crippen molar-refractivity contribution in [3.05, 3.63) is 18.0 Å². The van der Waals surface area contributed by atoms with E-state index in [9.17, 15) is 13.2 Å². The van der Waals surface area contributed by atoms with Gasteiger partial charge in [-0.15, -0.1) is 0 Å². The second-order valence-corrected chi connectivity index (χ2v) is 2.54. The molecule has 0 aliphatic rings. The maximum absolute atomic E-state index is 11.9. The SMILES string of the molecule is CCn1ccc(C(O)C(F)(F)F)n1. The van der Waals surface area contributed by atoms with Gasteiger partial charge in [0.05, 0.1) is 0 Å². The van der Waals surface area contributed by atoms with Gasteiger partial charge in [0.1, 0.15) is 5.69 Å². The van der Waals surface area contributed by atoms with E-state index in [1.165, 1.54) is 10.9 Å². The molecule has 1 rings (SSSR count). The van der Waals surface area contributed by atoms with Gasteiger partial charge in [0, 0.05) is 12.7 Å². The molecule has 0 aliphatic heterocycles. The normalized spacial score (nSPS) is 14.5. The Bertz CT molecular complexity index is 282. The summed E-state index contributed by atoms with van der Waals surface area (Å²) in [5.41, 5.74) is -0.366. The Morgan fingerprint density at radius 3 is 2.62 bits per heavy atom. The summed E-state index contributed by atoms with van der Waals surface area (Å²) in [6.07, 6.45) is -5.74. The van der Waals surface area contributed by atoms with Crippen molar-refractivity contribution in [2.75, 3.05) is 0 Å². The summed E-state index contributed by atoms with van der Waals surface area (Å²) in [4.78, 5) is 0. The lowest BCUT2D eigenvalue weighted by molar-refractivity contribution is -0.208. The van der Waals surface area contributed by atoms with Crippen molar-refractivity contribution in [3.63, 3.8) is 0 Å². The molecule has 0 spiro atoms. The largest absolute Gasteiger partial charge is 0.420 e. The van der Waals surface area contributed by atoms with Crippen LogP contribution in [0.4, 0.5) is 13.2 Å². The van der Waals surface area contributed by atoms with Crippen molar-refractivity contribution in [2.24, 2.45) is 0 Å². The minimum atomic E-state index is -4.65. The predicted octanol–water partition coefficient (Wildman–Crippen LogP) is 1.50. The molecule has 1 heterocycles. The van der Waals surface area contributed by atoms with Crippen LogP contribution in [-0.2, 0) is 6.54 Å². The van der Waals surface area contributed by atoms with Gasteiger partial charge in [0.25, 0.3) is 0 Å². The van der Waals surface area contributed by atoms with Crippen LogP contribution in [0.15, 0.2) is 12.3 Å². The molecular weight excluding hydrogens is 185 g/mol. The predicted molar refractivity (Wildman–Crippen MR) is 38.9 cm³/mol. The van der Waals surface area contributed by atoms with Gasteiger partial charge in [-0.25, -0.2) is 0 Å². The average molecular weight is 194 g/mol. The van der Waals surface area contributed by atoms with Crippen molar-refractivity contribution >= 4 is 0 Å². The molecule has 0 fully saturated rings. The lowest BCUT2D eigenvalue weighted by atomic mass is 10.2. The monoisotopic (exact) mass is 194 g/mol. The van der Waals surface area contributed by atoms with Crippen molar-refractivity contribution < 1.29 is 18.3 Å². The van der Waals surface area contributed by atoms with Gasteiger partial charge in [0.15, 0.2) is 6.10 Å². The minimum absolute atomic E-state index is 0.366. The molecular formula is C7H9F3N2O. The van der Waals surface area contributed by atoms with Crippen LogP contribution >= 0.6 is 0 Å². The van der Waals surface area contributed by atoms with Crippen LogP contribution < -0.4 is 0 Å². The zero-order chi connectivity index (χ0) is 10.1. The minimum Gasteiger partial charge on any atom is -0.378 e. The van der Waals surface area contributed by atoms with Gasteiger partial charge in [-0.2, -0.15) is 18.3 Å². The Morgan fingerprint density at radius 2 is 2.23 bits per heavy atom. The summed E-state index contributed by atoms with van der Waals surface area (Å²) in [5.74, 6) is 0. The van der Waals surface area contributed by atoms with Crippen molar-refractivity contribution in [3.8, 4) is 0 Å². The van der Waals surface area contributed by atoms with E-state index in [1.807, 2.05) is 0 Å². The summed E-state index contributed by atoms with van der Waals surface area (Å²) < 4.78 is 37.2. The first-order chi connectivity index (χ1) is 5.95. The van der Waals surface area contributed by atoms with Crippen LogP contribution in [0.1, 0.15) is 18.7 Å². The molecule has 0 aromatic carbocycles. The fraction of sp³-hybridized carbons (Fsp3) is 0.571. The van der Waals surface area contributed by atoms with Crippen LogP contribution in [0.5, 0.6) is 0 Å². The third kappa shape index (κ3) is 2.21. The molecule has 0 bridgehead atoms. The van der Waals surface area contributed by atoms with Crippen LogP contribution in [0.2, 0.25) is 0 Å². The van der Waals surface area contributed by atoms with Gasteiger partial charge in [0.2, 0.25) is 0 Å². The summed E-state index contributed by atoms with van der Waals surface area (Å²) in [6.45, 7) is 2.22. The van der Waals surface area contributed by atoms with Crippen LogP contribution in [0, 0.1) is 0 Å². The van der Waals surface area contributed by atoms with E-state index >= 15 is 0 Å². The first-order valence-corrected chi connectivity index (χ1v) is 3.73. The fourth-order valence-electron chi connectivity index (χ4n) is 0.867. The molecule has 0 amide bonds. The number of aliphatic hydroxyl groups excluding tert-OH is 1. The zero-order valence-corrected chi connectivity index (χ0v) is 6.91. The summed E-state index contributed by atoms with van der Waals surface area (Å²) in [6, 6.07) is 1.15. The molecule has 6 heteroatoms. The molecule has 1 N–H and O–H groups in total. The summed E-state index contributed by atoms with van der Waals surface area (Å²) in [5, 5.41) is 12.3. The molecule has 1 atom stereocenters. The highest BCUT2D eigenvalue weighted by molar-refractivity contribution is 5.04. The van der Waals surface area contributed by atoms with Gasteiger partial charge < -0.3 is 5.11 Å². The molecule has 3 nitrogen and oxygen atoms in total. The summed E-state index contributed by atoms with van der Waals surface area (Å²) in [7, 11) is 0. The quantitative estimate of drug-likeness (QED) is 0.774. The van der Waals surface area contributed by atoms with Crippen molar-refractivity contribution in [2.45, 2.75) is 25.7 Å². The zero-order valence-electron chi connectivity index (χ0n) is 6.91. The first kappa shape index (κ1) is 10.0. The van der Waals surface area contributed by atoms with E-state index in [0.717, 1.165) is 6.07 Å². The topological polar surface area (TPSA) is 38.0 Å². The molecule has 1 unspecified atom stereocenters. The maximum atomic E-state index is 11.9.